The van der Waals surface area contributed by atoms with Crippen molar-refractivity contribution in [1.29, 1.82) is 0 Å². The van der Waals surface area contributed by atoms with Crippen molar-refractivity contribution in [1.82, 2.24) is 5.32 Å². The molecule has 1 saturated heterocycles. The van der Waals surface area contributed by atoms with Crippen LogP contribution in [0.2, 0.25) is 0 Å². The van der Waals surface area contributed by atoms with Crippen LogP contribution in [0.5, 0.6) is 5.75 Å². The third kappa shape index (κ3) is 4.17. The van der Waals surface area contributed by atoms with Crippen molar-refractivity contribution in [2.24, 2.45) is 4.99 Å². The summed E-state index contributed by atoms with van der Waals surface area (Å²) < 4.78 is 19.8. The summed E-state index contributed by atoms with van der Waals surface area (Å²) in [6.45, 7) is 2.64. The molecule has 0 bridgehead atoms. The van der Waals surface area contributed by atoms with Gasteiger partial charge in [-0.15, -0.1) is 0 Å². The summed E-state index contributed by atoms with van der Waals surface area (Å²) in [7, 11) is 0. The largest absolute Gasteiger partial charge is 0.493 e. The zero-order chi connectivity index (χ0) is 20.2. The van der Waals surface area contributed by atoms with Crippen LogP contribution in [0.25, 0.3) is 16.8 Å². The Balaban J connectivity index is 1.73. The molecule has 1 amide bonds. The third-order valence-electron chi connectivity index (χ3n) is 4.39. The van der Waals surface area contributed by atoms with Gasteiger partial charge >= 0.3 is 0 Å². The zero-order valence-corrected chi connectivity index (χ0v) is 16.6. The molecule has 4 nitrogen and oxygen atoms in total. The average molecular weight is 406 g/mol. The monoisotopic (exact) mass is 406 g/mol. The van der Waals surface area contributed by atoms with E-state index in [1.807, 2.05) is 49.4 Å². The molecule has 3 aromatic carbocycles. The Bertz CT molecular complexity index is 1140. The summed E-state index contributed by atoms with van der Waals surface area (Å²) in [5, 5.41) is 5.12. The van der Waals surface area contributed by atoms with Gasteiger partial charge in [0, 0.05) is 5.56 Å². The molecule has 6 heteroatoms. The van der Waals surface area contributed by atoms with Crippen LogP contribution < -0.4 is 10.1 Å². The first kappa shape index (κ1) is 19.2. The first-order chi connectivity index (χ1) is 14.2. The first-order valence-corrected chi connectivity index (χ1v) is 10.2. The highest BCUT2D eigenvalue weighted by atomic mass is 32.2. The first-order valence-electron chi connectivity index (χ1n) is 9.34. The molecule has 0 aromatic heterocycles. The van der Waals surface area contributed by atoms with Crippen LogP contribution >= 0.6 is 11.8 Å². The number of amidine groups is 1. The quantitative estimate of drug-likeness (QED) is 0.556. The Morgan fingerprint density at radius 1 is 1.10 bits per heavy atom. The van der Waals surface area contributed by atoms with E-state index < -0.39 is 5.82 Å². The minimum Gasteiger partial charge on any atom is -0.493 e. The molecular weight excluding hydrogens is 387 g/mol. The van der Waals surface area contributed by atoms with Gasteiger partial charge in [-0.1, -0.05) is 49.4 Å². The minimum absolute atomic E-state index is 0.189. The van der Waals surface area contributed by atoms with E-state index in [9.17, 15) is 9.18 Å². The predicted octanol–water partition coefficient (Wildman–Crippen LogP) is 5.66. The number of halogens is 1. The van der Waals surface area contributed by atoms with Gasteiger partial charge in [0.05, 0.1) is 11.5 Å². The van der Waals surface area contributed by atoms with Crippen molar-refractivity contribution in [3.05, 3.63) is 76.9 Å². The van der Waals surface area contributed by atoms with Crippen molar-refractivity contribution in [2.75, 3.05) is 6.61 Å². The van der Waals surface area contributed by atoms with Gasteiger partial charge in [0.2, 0.25) is 0 Å². The summed E-state index contributed by atoms with van der Waals surface area (Å²) in [5.74, 6) is 0.0296. The second kappa shape index (κ2) is 8.49. The molecule has 1 fully saturated rings. The Labute approximate surface area is 172 Å². The molecule has 0 radical (unpaired) electrons. The Hall–Kier alpha value is -3.12. The van der Waals surface area contributed by atoms with Crippen LogP contribution in [0.15, 0.2) is 70.6 Å². The number of fused-ring (bicyclic) bond motifs is 1. The molecule has 29 heavy (non-hydrogen) atoms. The van der Waals surface area contributed by atoms with Gasteiger partial charge in [-0.25, -0.2) is 9.38 Å². The molecule has 3 aromatic rings. The molecule has 1 heterocycles. The fraction of sp³-hybridized carbons (Fsp3) is 0.130. The average Bonchev–Trinajstić information content (AvgIpc) is 3.08. The van der Waals surface area contributed by atoms with E-state index in [0.29, 0.717) is 16.7 Å². The molecular formula is C23H19FN2O2S. The molecule has 1 aliphatic heterocycles. The van der Waals surface area contributed by atoms with Gasteiger partial charge in [0.15, 0.2) is 5.17 Å². The van der Waals surface area contributed by atoms with Crippen molar-refractivity contribution in [2.45, 2.75) is 13.3 Å². The van der Waals surface area contributed by atoms with Crippen LogP contribution in [0, 0.1) is 5.82 Å². The van der Waals surface area contributed by atoms with E-state index >= 15 is 0 Å². The number of rotatable bonds is 5. The lowest BCUT2D eigenvalue weighted by Gasteiger charge is -2.11. The summed E-state index contributed by atoms with van der Waals surface area (Å²) in [6, 6.07) is 18.1. The van der Waals surface area contributed by atoms with Crippen molar-refractivity contribution in [3.8, 4) is 5.75 Å². The lowest BCUT2D eigenvalue weighted by molar-refractivity contribution is -0.115. The summed E-state index contributed by atoms with van der Waals surface area (Å²) in [6.07, 6.45) is 2.70. The number of ether oxygens (including phenoxy) is 1. The number of hydrogen-bond donors (Lipinski definition) is 1. The van der Waals surface area contributed by atoms with Crippen molar-refractivity contribution in [3.63, 3.8) is 0 Å². The topological polar surface area (TPSA) is 50.7 Å². The lowest BCUT2D eigenvalue weighted by Crippen LogP contribution is -2.19. The lowest BCUT2D eigenvalue weighted by atomic mass is 10.0. The van der Waals surface area contributed by atoms with Gasteiger partial charge in [0.25, 0.3) is 5.91 Å². The number of nitrogens with one attached hydrogen (secondary N) is 1. The third-order valence-corrected chi connectivity index (χ3v) is 5.30. The second-order valence-electron chi connectivity index (χ2n) is 6.48. The maximum Gasteiger partial charge on any atom is 0.264 e. The molecule has 0 spiro atoms. The van der Waals surface area contributed by atoms with Crippen LogP contribution in [0.3, 0.4) is 0 Å². The highest BCUT2D eigenvalue weighted by Gasteiger charge is 2.25. The smallest absolute Gasteiger partial charge is 0.264 e. The van der Waals surface area contributed by atoms with E-state index in [0.717, 1.165) is 28.5 Å². The molecule has 4 rings (SSSR count). The van der Waals surface area contributed by atoms with Crippen molar-refractivity contribution < 1.29 is 13.9 Å². The fourth-order valence-electron chi connectivity index (χ4n) is 3.03. The molecule has 0 atom stereocenters. The maximum absolute atomic E-state index is 13.9. The number of hydrogen-bond acceptors (Lipinski definition) is 4. The van der Waals surface area contributed by atoms with Gasteiger partial charge in [-0.05, 0) is 53.2 Å². The van der Waals surface area contributed by atoms with E-state index in [1.54, 1.807) is 18.2 Å². The summed E-state index contributed by atoms with van der Waals surface area (Å²) in [4.78, 5) is 17.2. The molecule has 1 aliphatic rings. The predicted molar refractivity (Wildman–Crippen MR) is 117 cm³/mol. The number of thioether (sulfide) groups is 1. The maximum atomic E-state index is 13.9. The highest BCUT2D eigenvalue weighted by Crippen LogP contribution is 2.35. The molecule has 1 N–H and O–H groups in total. The second-order valence-corrected chi connectivity index (χ2v) is 7.51. The SMILES string of the molecule is CCCOc1ccc2ccccc2c1/C=C1\SC(=Nc2ccccc2F)NC1=O. The number of amides is 1. The Kier molecular flexibility index (Phi) is 5.62. The molecule has 0 saturated carbocycles. The van der Waals surface area contributed by atoms with Crippen LogP contribution in [0.1, 0.15) is 18.9 Å². The highest BCUT2D eigenvalue weighted by molar-refractivity contribution is 8.18. The Morgan fingerprint density at radius 3 is 2.72 bits per heavy atom. The zero-order valence-electron chi connectivity index (χ0n) is 15.8. The fourth-order valence-corrected chi connectivity index (χ4v) is 3.84. The van der Waals surface area contributed by atoms with E-state index in [1.165, 1.54) is 17.8 Å². The number of benzene rings is 3. The normalized spacial score (nSPS) is 16.6. The van der Waals surface area contributed by atoms with E-state index in [-0.39, 0.29) is 11.6 Å². The van der Waals surface area contributed by atoms with Gasteiger partial charge in [0.1, 0.15) is 17.3 Å². The van der Waals surface area contributed by atoms with Crippen LogP contribution in [-0.2, 0) is 4.79 Å². The van der Waals surface area contributed by atoms with Gasteiger partial charge in [-0.3, -0.25) is 4.79 Å². The number of para-hydroxylation sites is 1. The molecule has 0 unspecified atom stereocenters. The van der Waals surface area contributed by atoms with Gasteiger partial charge in [-0.2, -0.15) is 0 Å². The summed E-state index contributed by atoms with van der Waals surface area (Å²) in [5.41, 5.74) is 1.04. The Morgan fingerprint density at radius 2 is 1.90 bits per heavy atom. The number of nitrogens with zero attached hydrogens (tertiary/aromatic N) is 1. The van der Waals surface area contributed by atoms with Crippen LogP contribution in [0.4, 0.5) is 10.1 Å². The number of carbonyl (C=O) groups excluding carboxylic acids is 1. The standard InChI is InChI=1S/C23H19FN2O2S/c1-2-13-28-20-12-11-15-7-3-4-8-16(15)17(20)14-21-22(27)26-23(29-21)25-19-10-6-5-9-18(19)24/h3-12,14H,2,13H2,1H3,(H,25,26,27)/b21-14-. The number of aliphatic imine (C=N–C) groups is 1. The van der Waals surface area contributed by atoms with Gasteiger partial charge < -0.3 is 10.1 Å². The van der Waals surface area contributed by atoms with E-state index in [4.69, 9.17) is 4.74 Å². The van der Waals surface area contributed by atoms with Crippen molar-refractivity contribution >= 4 is 45.4 Å². The van der Waals surface area contributed by atoms with Crippen LogP contribution in [-0.4, -0.2) is 17.7 Å². The summed E-state index contributed by atoms with van der Waals surface area (Å²) >= 11 is 1.19. The molecule has 0 aliphatic carbocycles. The molecule has 146 valence electrons. The van der Waals surface area contributed by atoms with E-state index in [2.05, 4.69) is 10.3 Å². The number of carbonyl (C=O) groups is 1. The minimum atomic E-state index is -0.434.